The number of nitrogens with zero attached hydrogens (tertiary/aromatic N) is 1. The molecule has 0 amide bonds. The maximum absolute atomic E-state index is 9.60. The Balaban J connectivity index is 2.88. The lowest BCUT2D eigenvalue weighted by atomic mass is 10.0. The number of rotatable bonds is 3. The first kappa shape index (κ1) is 10.4. The van der Waals surface area contributed by atoms with Crippen molar-refractivity contribution in [3.8, 4) is 0 Å². The zero-order valence-corrected chi connectivity index (χ0v) is 8.07. The van der Waals surface area contributed by atoms with Crippen LogP contribution in [0.4, 0.5) is 0 Å². The first-order chi connectivity index (χ1) is 6.16. The van der Waals surface area contributed by atoms with Crippen molar-refractivity contribution < 1.29 is 10.2 Å². The Labute approximate surface area is 82.0 Å². The maximum Gasteiger partial charge on any atom is 0.108 e. The van der Waals surface area contributed by atoms with Crippen LogP contribution in [-0.2, 0) is 0 Å². The largest absolute Gasteiger partial charge is 0.389 e. The van der Waals surface area contributed by atoms with Crippen LogP contribution in [0.25, 0.3) is 0 Å². The van der Waals surface area contributed by atoms with E-state index in [4.69, 9.17) is 11.6 Å². The Morgan fingerprint density at radius 3 is 2.77 bits per heavy atom. The lowest BCUT2D eigenvalue weighted by molar-refractivity contribution is 0.0321. The minimum atomic E-state index is -0.953. The minimum absolute atomic E-state index is 0.00943. The van der Waals surface area contributed by atoms with Crippen molar-refractivity contribution in [2.45, 2.75) is 19.1 Å². The fourth-order valence-electron chi connectivity index (χ4n) is 1.10. The summed E-state index contributed by atoms with van der Waals surface area (Å²) in [4.78, 5) is 4.00. The number of aromatic nitrogens is 1. The molecular formula is C9H12ClNO2. The zero-order valence-electron chi connectivity index (χ0n) is 7.31. The molecule has 72 valence electrons. The molecule has 0 bridgehead atoms. The molecule has 2 atom stereocenters. The second kappa shape index (κ2) is 4.56. The number of aryl methyl sites for hydroxylation is 1. The smallest absolute Gasteiger partial charge is 0.108 e. The SMILES string of the molecule is Cc1ncccc1C(O)C(O)CCl. The standard InChI is InChI=1S/C9H12ClNO2/c1-6-7(3-2-4-11-6)9(13)8(12)5-10/h2-4,8-9,12-13H,5H2,1H3. The highest BCUT2D eigenvalue weighted by Crippen LogP contribution is 2.19. The second-order valence-corrected chi connectivity index (χ2v) is 3.15. The molecule has 3 nitrogen and oxygen atoms in total. The summed E-state index contributed by atoms with van der Waals surface area (Å²) in [6.07, 6.45) is -0.255. The normalized spacial score (nSPS) is 15.4. The van der Waals surface area contributed by atoms with Crippen LogP contribution in [0, 0.1) is 6.92 Å². The van der Waals surface area contributed by atoms with Gasteiger partial charge in [0.25, 0.3) is 0 Å². The fraction of sp³-hybridized carbons (Fsp3) is 0.444. The number of hydrogen-bond acceptors (Lipinski definition) is 3. The van der Waals surface area contributed by atoms with Crippen LogP contribution in [0.2, 0.25) is 0 Å². The molecule has 1 rings (SSSR count). The highest BCUT2D eigenvalue weighted by Gasteiger charge is 2.18. The number of aliphatic hydroxyl groups excluding tert-OH is 2. The van der Waals surface area contributed by atoms with Gasteiger partial charge in [-0.25, -0.2) is 0 Å². The molecule has 0 radical (unpaired) electrons. The Kier molecular flexibility index (Phi) is 3.66. The van der Waals surface area contributed by atoms with Crippen molar-refractivity contribution in [2.75, 3.05) is 5.88 Å². The fourth-order valence-corrected chi connectivity index (χ4v) is 1.27. The van der Waals surface area contributed by atoms with Crippen molar-refractivity contribution in [1.82, 2.24) is 4.98 Å². The monoisotopic (exact) mass is 201 g/mol. The van der Waals surface area contributed by atoms with Crippen LogP contribution in [0.15, 0.2) is 18.3 Å². The molecule has 2 N–H and O–H groups in total. The topological polar surface area (TPSA) is 53.4 Å². The molecular weight excluding hydrogens is 190 g/mol. The number of hydrogen-bond donors (Lipinski definition) is 2. The lowest BCUT2D eigenvalue weighted by Gasteiger charge is -2.16. The van der Waals surface area contributed by atoms with E-state index in [9.17, 15) is 10.2 Å². The first-order valence-corrected chi connectivity index (χ1v) is 4.54. The van der Waals surface area contributed by atoms with Gasteiger partial charge in [-0.1, -0.05) is 6.07 Å². The number of aliphatic hydroxyl groups is 2. The van der Waals surface area contributed by atoms with Gasteiger partial charge in [-0.05, 0) is 13.0 Å². The third-order valence-corrected chi connectivity index (χ3v) is 2.21. The minimum Gasteiger partial charge on any atom is -0.389 e. The van der Waals surface area contributed by atoms with Crippen molar-refractivity contribution in [3.63, 3.8) is 0 Å². The molecule has 0 saturated heterocycles. The van der Waals surface area contributed by atoms with E-state index in [-0.39, 0.29) is 5.88 Å². The quantitative estimate of drug-likeness (QED) is 0.719. The summed E-state index contributed by atoms with van der Waals surface area (Å²) in [5, 5.41) is 18.9. The van der Waals surface area contributed by atoms with E-state index in [2.05, 4.69) is 4.98 Å². The van der Waals surface area contributed by atoms with E-state index < -0.39 is 12.2 Å². The Bertz CT molecular complexity index is 280. The van der Waals surface area contributed by atoms with Crippen molar-refractivity contribution in [3.05, 3.63) is 29.6 Å². The van der Waals surface area contributed by atoms with Crippen LogP contribution in [-0.4, -0.2) is 27.2 Å². The van der Waals surface area contributed by atoms with Crippen LogP contribution in [0.5, 0.6) is 0 Å². The van der Waals surface area contributed by atoms with Crippen LogP contribution in [0.1, 0.15) is 17.4 Å². The molecule has 0 fully saturated rings. The van der Waals surface area contributed by atoms with E-state index in [1.54, 1.807) is 25.3 Å². The van der Waals surface area contributed by atoms with E-state index in [1.165, 1.54) is 0 Å². The van der Waals surface area contributed by atoms with Crippen LogP contribution < -0.4 is 0 Å². The van der Waals surface area contributed by atoms with Crippen molar-refractivity contribution in [2.24, 2.45) is 0 Å². The molecule has 4 heteroatoms. The van der Waals surface area contributed by atoms with Gasteiger partial charge in [-0.15, -0.1) is 11.6 Å². The third kappa shape index (κ3) is 2.40. The molecule has 0 aliphatic rings. The highest BCUT2D eigenvalue weighted by atomic mass is 35.5. The van der Waals surface area contributed by atoms with Gasteiger partial charge in [0.1, 0.15) is 6.10 Å². The molecule has 13 heavy (non-hydrogen) atoms. The average Bonchev–Trinajstić information content (AvgIpc) is 2.16. The Morgan fingerprint density at radius 1 is 1.54 bits per heavy atom. The second-order valence-electron chi connectivity index (χ2n) is 2.84. The van der Waals surface area contributed by atoms with Gasteiger partial charge < -0.3 is 10.2 Å². The summed E-state index contributed by atoms with van der Waals surface area (Å²) in [5.74, 6) is 0.00943. The van der Waals surface area contributed by atoms with Crippen LogP contribution >= 0.6 is 11.6 Å². The summed E-state index contributed by atoms with van der Waals surface area (Å²) in [7, 11) is 0. The van der Waals surface area contributed by atoms with Crippen molar-refractivity contribution in [1.29, 1.82) is 0 Å². The Hall–Kier alpha value is -0.640. The van der Waals surface area contributed by atoms with E-state index >= 15 is 0 Å². The maximum atomic E-state index is 9.60. The molecule has 1 heterocycles. The molecule has 2 unspecified atom stereocenters. The number of alkyl halides is 1. The predicted molar refractivity (Wildman–Crippen MR) is 50.7 cm³/mol. The highest BCUT2D eigenvalue weighted by molar-refractivity contribution is 6.18. The molecule has 1 aromatic rings. The molecule has 0 aliphatic carbocycles. The summed E-state index contributed by atoms with van der Waals surface area (Å²) in [5.41, 5.74) is 1.33. The van der Waals surface area contributed by atoms with E-state index in [1.807, 2.05) is 0 Å². The third-order valence-electron chi connectivity index (χ3n) is 1.89. The summed E-state index contributed by atoms with van der Waals surface area (Å²) >= 11 is 5.42. The Morgan fingerprint density at radius 2 is 2.23 bits per heavy atom. The number of pyridine rings is 1. The van der Waals surface area contributed by atoms with Gasteiger partial charge in [0.15, 0.2) is 0 Å². The molecule has 0 aliphatic heterocycles. The van der Waals surface area contributed by atoms with E-state index in [0.29, 0.717) is 11.3 Å². The summed E-state index contributed by atoms with van der Waals surface area (Å²) in [6.45, 7) is 1.78. The zero-order chi connectivity index (χ0) is 9.84. The lowest BCUT2D eigenvalue weighted by Crippen LogP contribution is -2.20. The van der Waals surface area contributed by atoms with Gasteiger partial charge >= 0.3 is 0 Å². The van der Waals surface area contributed by atoms with Gasteiger partial charge in [-0.2, -0.15) is 0 Å². The summed E-state index contributed by atoms with van der Waals surface area (Å²) in [6, 6.07) is 3.44. The molecule has 1 aromatic heterocycles. The van der Waals surface area contributed by atoms with Gasteiger partial charge in [-0.3, -0.25) is 4.98 Å². The molecule has 0 saturated carbocycles. The first-order valence-electron chi connectivity index (χ1n) is 4.00. The van der Waals surface area contributed by atoms with Gasteiger partial charge in [0.05, 0.1) is 12.0 Å². The van der Waals surface area contributed by atoms with Gasteiger partial charge in [0.2, 0.25) is 0 Å². The summed E-state index contributed by atoms with van der Waals surface area (Å²) < 4.78 is 0. The predicted octanol–water partition coefficient (Wildman–Crippen LogP) is 1.02. The molecule has 0 spiro atoms. The average molecular weight is 202 g/mol. The van der Waals surface area contributed by atoms with Gasteiger partial charge in [0, 0.05) is 17.5 Å². The van der Waals surface area contributed by atoms with Crippen molar-refractivity contribution >= 4 is 11.6 Å². The van der Waals surface area contributed by atoms with E-state index in [0.717, 1.165) is 0 Å². The van der Waals surface area contributed by atoms with Crippen LogP contribution in [0.3, 0.4) is 0 Å². The number of halogens is 1. The molecule has 0 aromatic carbocycles.